The Morgan fingerprint density at radius 1 is 0.927 bits per heavy atom. The van der Waals surface area contributed by atoms with Crippen LogP contribution in [0.2, 0.25) is 0 Å². The average Bonchev–Trinajstić information content (AvgIpc) is 3.64. The molecule has 0 amide bonds. The summed E-state index contributed by atoms with van der Waals surface area (Å²) in [5.41, 5.74) is 0.337. The molecule has 7 heteroatoms. The van der Waals surface area contributed by atoms with E-state index in [-0.39, 0.29) is 52.0 Å². The van der Waals surface area contributed by atoms with E-state index in [2.05, 4.69) is 31.4 Å². The van der Waals surface area contributed by atoms with Gasteiger partial charge in [-0.25, -0.2) is 0 Å². The van der Waals surface area contributed by atoms with Gasteiger partial charge in [0, 0.05) is 44.6 Å². The Kier molecular flexibility index (Phi) is 9.12. The van der Waals surface area contributed by atoms with Crippen molar-refractivity contribution in [1.82, 2.24) is 4.90 Å². The summed E-state index contributed by atoms with van der Waals surface area (Å²) < 4.78 is 13.5. The van der Waals surface area contributed by atoms with E-state index < -0.39 is 0 Å². The summed E-state index contributed by atoms with van der Waals surface area (Å²) in [6.07, 6.45) is 15.5. The second-order valence-electron chi connectivity index (χ2n) is 15.3. The van der Waals surface area contributed by atoms with Crippen molar-refractivity contribution in [2.24, 2.45) is 34.5 Å². The molecule has 4 aliphatic carbocycles. The largest absolute Gasteiger partial charge is 1.00 e. The second-order valence-corrected chi connectivity index (χ2v) is 15.3. The van der Waals surface area contributed by atoms with Crippen molar-refractivity contribution in [1.29, 1.82) is 0 Å². The number of esters is 2. The third-order valence-electron chi connectivity index (χ3n) is 13.5. The third kappa shape index (κ3) is 5.26. The molecule has 6 rings (SSSR count). The van der Waals surface area contributed by atoms with E-state index in [0.717, 1.165) is 43.4 Å². The molecular formula is C34H55BrN2O4. The number of nitrogens with zero attached hydrogens (tertiary/aromatic N) is 2. The van der Waals surface area contributed by atoms with Crippen molar-refractivity contribution < 1.29 is 40.5 Å². The van der Waals surface area contributed by atoms with Crippen LogP contribution in [0.1, 0.15) is 98.3 Å². The smallest absolute Gasteiger partial charge is 0.303 e. The fourth-order valence-electron chi connectivity index (χ4n) is 11.8. The van der Waals surface area contributed by atoms with Crippen LogP contribution in [0.4, 0.5) is 0 Å². The molecule has 2 heterocycles. The summed E-state index contributed by atoms with van der Waals surface area (Å²) in [4.78, 5) is 27.3. The van der Waals surface area contributed by atoms with Gasteiger partial charge in [-0.15, -0.1) is 0 Å². The number of fused-ring (bicyclic) bond motifs is 5. The van der Waals surface area contributed by atoms with Gasteiger partial charge in [0.1, 0.15) is 12.1 Å². The van der Waals surface area contributed by atoms with Crippen molar-refractivity contribution in [3.05, 3.63) is 12.7 Å². The van der Waals surface area contributed by atoms with Gasteiger partial charge >= 0.3 is 11.9 Å². The molecule has 10 unspecified atom stereocenters. The lowest BCUT2D eigenvalue weighted by molar-refractivity contribution is -0.937. The fourth-order valence-corrected chi connectivity index (χ4v) is 11.8. The Balaban J connectivity index is 0.00000337. The van der Waals surface area contributed by atoms with Crippen LogP contribution < -0.4 is 17.0 Å². The molecule has 0 aromatic carbocycles. The zero-order chi connectivity index (χ0) is 28.3. The summed E-state index contributed by atoms with van der Waals surface area (Å²) in [6.45, 7) is 18.1. The van der Waals surface area contributed by atoms with Gasteiger partial charge < -0.3 is 30.9 Å². The van der Waals surface area contributed by atoms with Crippen molar-refractivity contribution in [3.8, 4) is 0 Å². The number of rotatable bonds is 6. The van der Waals surface area contributed by atoms with E-state index >= 15 is 0 Å². The topological polar surface area (TPSA) is 55.8 Å². The van der Waals surface area contributed by atoms with Crippen LogP contribution >= 0.6 is 0 Å². The minimum absolute atomic E-state index is 0. The zero-order valence-electron chi connectivity index (χ0n) is 26.1. The normalized spacial score (nSPS) is 45.1. The second kappa shape index (κ2) is 11.9. The van der Waals surface area contributed by atoms with E-state index in [4.69, 9.17) is 9.47 Å². The highest BCUT2D eigenvalue weighted by Crippen LogP contribution is 2.68. The van der Waals surface area contributed by atoms with Gasteiger partial charge in [-0.1, -0.05) is 20.4 Å². The number of hydrogen-bond donors (Lipinski definition) is 0. The Bertz CT molecular complexity index is 993. The first-order valence-electron chi connectivity index (χ1n) is 16.7. The quantitative estimate of drug-likeness (QED) is 0.256. The SMILES string of the molecule is C=CC[N+]1(C2CC3C4CCC5CC(OC(C)=O)C(N6CCCC6)CC5(C)C4CCC3(C)C2OC(C)=O)CCCC1.[Br-]. The molecule has 232 valence electrons. The van der Waals surface area contributed by atoms with Crippen molar-refractivity contribution in [2.75, 3.05) is 32.7 Å². The molecule has 2 saturated heterocycles. The molecule has 0 radical (unpaired) electrons. The summed E-state index contributed by atoms with van der Waals surface area (Å²) in [5.74, 6) is 2.40. The maximum Gasteiger partial charge on any atom is 0.303 e. The highest BCUT2D eigenvalue weighted by molar-refractivity contribution is 5.66. The van der Waals surface area contributed by atoms with Gasteiger partial charge in [-0.05, 0) is 99.6 Å². The molecule has 6 aliphatic rings. The molecule has 41 heavy (non-hydrogen) atoms. The maximum atomic E-state index is 12.5. The van der Waals surface area contributed by atoms with Crippen molar-refractivity contribution in [3.63, 3.8) is 0 Å². The van der Waals surface area contributed by atoms with Crippen molar-refractivity contribution >= 4 is 11.9 Å². The van der Waals surface area contributed by atoms with E-state index in [1.165, 1.54) is 64.5 Å². The minimum Gasteiger partial charge on any atom is -1.00 e. The molecular weight excluding hydrogens is 580 g/mol. The van der Waals surface area contributed by atoms with Crippen molar-refractivity contribution in [2.45, 2.75) is 123 Å². The van der Waals surface area contributed by atoms with Crippen LogP contribution in [0.5, 0.6) is 0 Å². The monoisotopic (exact) mass is 634 g/mol. The molecule has 6 fully saturated rings. The lowest BCUT2D eigenvalue weighted by Gasteiger charge is -2.62. The molecule has 0 spiro atoms. The van der Waals surface area contributed by atoms with Gasteiger partial charge in [-0.3, -0.25) is 14.5 Å². The van der Waals surface area contributed by atoms with Crippen LogP contribution in [-0.2, 0) is 19.1 Å². The van der Waals surface area contributed by atoms with E-state index in [1.807, 2.05) is 0 Å². The summed E-state index contributed by atoms with van der Waals surface area (Å²) in [5, 5.41) is 0. The van der Waals surface area contributed by atoms with E-state index in [9.17, 15) is 9.59 Å². The van der Waals surface area contributed by atoms with Gasteiger partial charge in [0.05, 0.1) is 19.6 Å². The number of halogens is 1. The van der Waals surface area contributed by atoms with Gasteiger partial charge in [0.15, 0.2) is 6.10 Å². The lowest BCUT2D eigenvalue weighted by atomic mass is 9.44. The highest BCUT2D eigenvalue weighted by atomic mass is 79.9. The molecule has 2 aliphatic heterocycles. The van der Waals surface area contributed by atoms with Gasteiger partial charge in [0.2, 0.25) is 0 Å². The molecule has 0 aromatic rings. The Hall–Kier alpha value is -0.920. The van der Waals surface area contributed by atoms with Gasteiger partial charge in [0.25, 0.3) is 0 Å². The first kappa shape index (κ1) is 31.5. The molecule has 0 bridgehead atoms. The Labute approximate surface area is 259 Å². The highest BCUT2D eigenvalue weighted by Gasteiger charge is 2.67. The summed E-state index contributed by atoms with van der Waals surface area (Å²) in [6, 6.07) is 0.747. The van der Waals surface area contributed by atoms with Crippen LogP contribution in [0.3, 0.4) is 0 Å². The standard InChI is InChI=1S/C34H55N2O4.BrH/c1-6-17-36(18-9-10-19-36)30-21-28-26-12-11-25-20-31(39-23(2)37)29(35-15-7-8-16-35)22-34(25,5)27(26)13-14-33(28,4)32(30)40-24(3)38;/h6,25-32H,1,7-22H2,2-5H3;1H/q+1;/p-1. The average molecular weight is 636 g/mol. The molecule has 0 N–H and O–H groups in total. The van der Waals surface area contributed by atoms with Gasteiger partial charge in [-0.2, -0.15) is 0 Å². The van der Waals surface area contributed by atoms with E-state index in [1.54, 1.807) is 13.8 Å². The Morgan fingerprint density at radius 3 is 2.24 bits per heavy atom. The molecule has 6 nitrogen and oxygen atoms in total. The lowest BCUT2D eigenvalue weighted by Crippen LogP contribution is -3.00. The number of likely N-dealkylation sites (tertiary alicyclic amines) is 2. The molecule has 4 saturated carbocycles. The zero-order valence-corrected chi connectivity index (χ0v) is 27.7. The maximum absolute atomic E-state index is 12.5. The summed E-state index contributed by atoms with van der Waals surface area (Å²) in [7, 11) is 0. The third-order valence-corrected chi connectivity index (χ3v) is 13.5. The first-order chi connectivity index (χ1) is 19.1. The summed E-state index contributed by atoms with van der Waals surface area (Å²) >= 11 is 0. The number of hydrogen-bond acceptors (Lipinski definition) is 5. The van der Waals surface area contributed by atoms with E-state index in [0.29, 0.717) is 35.8 Å². The number of ether oxygens (including phenoxy) is 2. The van der Waals surface area contributed by atoms with Crippen LogP contribution in [0.15, 0.2) is 12.7 Å². The van der Waals surface area contributed by atoms with Crippen LogP contribution in [0.25, 0.3) is 0 Å². The molecule has 10 atom stereocenters. The first-order valence-corrected chi connectivity index (χ1v) is 16.7. The predicted octanol–water partition coefficient (Wildman–Crippen LogP) is 2.75. The van der Waals surface area contributed by atoms with Crippen LogP contribution in [-0.4, -0.2) is 78.3 Å². The Morgan fingerprint density at radius 2 is 1.61 bits per heavy atom. The molecule has 0 aromatic heterocycles. The number of carbonyl (C=O) groups is 2. The minimum atomic E-state index is -0.119. The fraction of sp³-hybridized carbons (Fsp3) is 0.882. The van der Waals surface area contributed by atoms with Crippen LogP contribution in [0, 0.1) is 34.5 Å². The number of carbonyl (C=O) groups excluding carboxylic acids is 2. The predicted molar refractivity (Wildman–Crippen MR) is 156 cm³/mol. The number of quaternary nitrogens is 1.